The van der Waals surface area contributed by atoms with Crippen LogP contribution in [-0.2, 0) is 5.60 Å². The third kappa shape index (κ3) is 3.24. The Morgan fingerprint density at radius 1 is 1.29 bits per heavy atom. The molecule has 2 unspecified atom stereocenters. The van der Waals surface area contributed by atoms with Crippen LogP contribution in [0.15, 0.2) is 55.1 Å². The number of urea groups is 1. The number of benzene rings is 2. The zero-order chi connectivity index (χ0) is 22.2. The number of quaternary nitrogens is 1. The van der Waals surface area contributed by atoms with Crippen molar-refractivity contribution in [2.75, 3.05) is 18.8 Å². The van der Waals surface area contributed by atoms with Gasteiger partial charge in [0.15, 0.2) is 5.60 Å². The minimum atomic E-state index is -1.94. The maximum Gasteiger partial charge on any atom is 0.423 e. The van der Waals surface area contributed by atoms with Crippen LogP contribution in [0.1, 0.15) is 25.1 Å². The summed E-state index contributed by atoms with van der Waals surface area (Å²) >= 11 is 0. The number of rotatable bonds is 6. The van der Waals surface area contributed by atoms with E-state index < -0.39 is 27.9 Å². The van der Waals surface area contributed by atoms with Crippen molar-refractivity contribution in [1.82, 2.24) is 24.6 Å². The second-order valence-corrected chi connectivity index (χ2v) is 7.57. The lowest BCUT2D eigenvalue weighted by molar-refractivity contribution is -0.0760. The number of anilines is 1. The highest BCUT2D eigenvalue weighted by Gasteiger charge is 2.60. The topological polar surface area (TPSA) is 106 Å². The molecule has 2 heterocycles. The van der Waals surface area contributed by atoms with Gasteiger partial charge in [0.2, 0.25) is 6.17 Å². The van der Waals surface area contributed by atoms with Crippen molar-refractivity contribution in [3.63, 3.8) is 0 Å². The molecule has 2 aromatic carbocycles. The molecule has 0 spiro atoms. The standard InChI is InChI=1S/C21H22F2N6O2/c1-2-21(31,17-8-3-14(22)11-18(17)23)19(28-13-25-12-27-28)29(10-9-26-20(29)30)16-6-4-15(24)5-7-16/h3-8,11-13,19,31H,2,9-10,24H2,1H3/p+1/t19?,21-,29?/m1/s1. The smallest absolute Gasteiger partial charge is 0.399 e. The second kappa shape index (κ2) is 7.71. The van der Waals surface area contributed by atoms with Crippen LogP contribution in [0.5, 0.6) is 0 Å². The summed E-state index contributed by atoms with van der Waals surface area (Å²) < 4.78 is 29.5. The molecule has 1 aliphatic heterocycles. The number of carbonyl (C=O) groups is 1. The lowest BCUT2D eigenvalue weighted by Gasteiger charge is -2.45. The molecule has 4 rings (SSSR count). The minimum absolute atomic E-state index is 0.0162. The van der Waals surface area contributed by atoms with Crippen molar-refractivity contribution in [3.05, 3.63) is 72.3 Å². The molecular formula is C21H23F2N6O2+. The Balaban J connectivity index is 2.01. The van der Waals surface area contributed by atoms with Crippen LogP contribution in [0.25, 0.3) is 0 Å². The number of halogens is 2. The predicted octanol–water partition coefficient (Wildman–Crippen LogP) is 2.67. The number of hydrogen-bond acceptors (Lipinski definition) is 5. The summed E-state index contributed by atoms with van der Waals surface area (Å²) in [5.41, 5.74) is 4.82. The lowest BCUT2D eigenvalue weighted by Crippen LogP contribution is -2.63. The summed E-state index contributed by atoms with van der Waals surface area (Å²) in [6.07, 6.45) is 1.53. The molecule has 1 saturated heterocycles. The molecule has 0 bridgehead atoms. The van der Waals surface area contributed by atoms with Gasteiger partial charge in [0.05, 0.1) is 6.54 Å². The van der Waals surface area contributed by atoms with E-state index in [4.69, 9.17) is 5.73 Å². The molecule has 0 saturated carbocycles. The number of nitrogens with zero attached hydrogens (tertiary/aromatic N) is 4. The van der Waals surface area contributed by atoms with Gasteiger partial charge in [-0.3, -0.25) is 5.32 Å². The van der Waals surface area contributed by atoms with Gasteiger partial charge in [0.25, 0.3) is 0 Å². The molecule has 4 N–H and O–H groups in total. The number of nitrogens with two attached hydrogens (primary N) is 1. The number of aliphatic hydroxyl groups is 1. The predicted molar refractivity (Wildman–Crippen MR) is 111 cm³/mol. The number of hydrogen-bond donors (Lipinski definition) is 3. The van der Waals surface area contributed by atoms with Crippen molar-refractivity contribution >= 4 is 17.4 Å². The molecule has 162 valence electrons. The summed E-state index contributed by atoms with van der Waals surface area (Å²) in [6.45, 7) is 2.26. The van der Waals surface area contributed by atoms with E-state index >= 15 is 0 Å². The fraction of sp³-hybridized carbons (Fsp3) is 0.286. The van der Waals surface area contributed by atoms with Gasteiger partial charge < -0.3 is 10.8 Å². The lowest BCUT2D eigenvalue weighted by atomic mass is 9.85. The van der Waals surface area contributed by atoms with Gasteiger partial charge in [0, 0.05) is 29.4 Å². The van der Waals surface area contributed by atoms with E-state index in [2.05, 4.69) is 15.4 Å². The average molecular weight is 429 g/mol. The van der Waals surface area contributed by atoms with E-state index in [0.29, 0.717) is 24.0 Å². The first-order valence-electron chi connectivity index (χ1n) is 9.87. The van der Waals surface area contributed by atoms with E-state index in [9.17, 15) is 18.7 Å². The summed E-state index contributed by atoms with van der Waals surface area (Å²) in [4.78, 5) is 17.3. The zero-order valence-electron chi connectivity index (χ0n) is 16.9. The normalized spacial score (nSPS) is 21.5. The highest BCUT2D eigenvalue weighted by molar-refractivity contribution is 5.89. The molecule has 3 aromatic rings. The largest absolute Gasteiger partial charge is 0.423 e. The summed E-state index contributed by atoms with van der Waals surface area (Å²) in [7, 11) is 0. The molecule has 31 heavy (non-hydrogen) atoms. The highest BCUT2D eigenvalue weighted by Crippen LogP contribution is 2.47. The van der Waals surface area contributed by atoms with Crippen LogP contribution in [0.2, 0.25) is 0 Å². The van der Waals surface area contributed by atoms with Gasteiger partial charge in [-0.2, -0.15) is 14.3 Å². The molecule has 8 nitrogen and oxygen atoms in total. The van der Waals surface area contributed by atoms with Crippen LogP contribution in [0.3, 0.4) is 0 Å². The van der Waals surface area contributed by atoms with E-state index in [1.54, 1.807) is 31.2 Å². The Morgan fingerprint density at radius 3 is 2.58 bits per heavy atom. The number of nitrogen functional groups attached to an aromatic ring is 1. The maximum absolute atomic E-state index is 14.9. The number of aromatic nitrogens is 3. The SMILES string of the molecule is CC[C@@](O)(c1ccc(F)cc1F)C(n1cncn1)[N+]1(c2ccc(N)cc2)CCNC1=O. The molecule has 10 heteroatoms. The Morgan fingerprint density at radius 2 is 2.03 bits per heavy atom. The maximum atomic E-state index is 14.9. The Hall–Kier alpha value is -3.37. The van der Waals surface area contributed by atoms with Gasteiger partial charge >= 0.3 is 6.03 Å². The second-order valence-electron chi connectivity index (χ2n) is 7.57. The van der Waals surface area contributed by atoms with E-state index in [-0.39, 0.29) is 24.6 Å². The number of carbonyl (C=O) groups excluding carboxylic acids is 1. The van der Waals surface area contributed by atoms with Crippen molar-refractivity contribution in [2.45, 2.75) is 25.1 Å². The first-order chi connectivity index (χ1) is 14.8. The Kier molecular flexibility index (Phi) is 5.19. The quantitative estimate of drug-likeness (QED) is 0.413. The Bertz CT molecular complexity index is 1090. The molecule has 3 atom stereocenters. The molecule has 1 aliphatic rings. The van der Waals surface area contributed by atoms with Crippen molar-refractivity contribution in [1.29, 1.82) is 0 Å². The number of amides is 2. The average Bonchev–Trinajstić information content (AvgIpc) is 3.39. The van der Waals surface area contributed by atoms with Crippen LogP contribution in [-0.4, -0.2) is 39.0 Å². The van der Waals surface area contributed by atoms with Gasteiger partial charge in [-0.25, -0.2) is 18.6 Å². The van der Waals surface area contributed by atoms with Crippen LogP contribution in [0, 0.1) is 11.6 Å². The van der Waals surface area contributed by atoms with Crippen LogP contribution >= 0.6 is 0 Å². The van der Waals surface area contributed by atoms with Gasteiger partial charge in [-0.05, 0) is 30.7 Å². The van der Waals surface area contributed by atoms with Crippen molar-refractivity contribution in [2.24, 2.45) is 0 Å². The number of nitrogens with one attached hydrogen (secondary N) is 1. The summed E-state index contributed by atoms with van der Waals surface area (Å²) in [6, 6.07) is 9.31. The zero-order valence-corrected chi connectivity index (χ0v) is 16.9. The van der Waals surface area contributed by atoms with Crippen molar-refractivity contribution < 1.29 is 18.7 Å². The molecule has 0 radical (unpaired) electrons. The van der Waals surface area contributed by atoms with E-state index in [1.807, 2.05) is 0 Å². The highest BCUT2D eigenvalue weighted by atomic mass is 19.1. The van der Waals surface area contributed by atoms with Gasteiger partial charge in [-0.1, -0.05) is 6.92 Å². The fourth-order valence-corrected chi connectivity index (χ4v) is 4.42. The molecule has 2 amide bonds. The van der Waals surface area contributed by atoms with Crippen LogP contribution in [0.4, 0.5) is 25.0 Å². The molecular weight excluding hydrogens is 406 g/mol. The third-order valence-corrected chi connectivity index (χ3v) is 5.93. The van der Waals surface area contributed by atoms with Gasteiger partial charge in [0.1, 0.15) is 36.5 Å². The summed E-state index contributed by atoms with van der Waals surface area (Å²) in [5.74, 6) is -1.68. The van der Waals surface area contributed by atoms with Gasteiger partial charge in [-0.15, -0.1) is 0 Å². The van der Waals surface area contributed by atoms with E-state index in [0.717, 1.165) is 6.07 Å². The monoisotopic (exact) mass is 429 g/mol. The first-order valence-corrected chi connectivity index (χ1v) is 9.87. The molecule has 0 aliphatic carbocycles. The minimum Gasteiger partial charge on any atom is -0.399 e. The fourth-order valence-electron chi connectivity index (χ4n) is 4.42. The van der Waals surface area contributed by atoms with Crippen molar-refractivity contribution in [3.8, 4) is 0 Å². The Labute approximate surface area is 177 Å². The first kappa shape index (κ1) is 20.9. The molecule has 1 aromatic heterocycles. The molecule has 1 fully saturated rings. The van der Waals surface area contributed by atoms with E-state index in [1.165, 1.54) is 23.4 Å². The third-order valence-electron chi connectivity index (χ3n) is 5.93. The summed E-state index contributed by atoms with van der Waals surface area (Å²) in [5, 5.41) is 19.0. The van der Waals surface area contributed by atoms with Crippen LogP contribution < -0.4 is 15.5 Å².